The van der Waals surface area contributed by atoms with E-state index in [1.54, 1.807) is 17.0 Å². The van der Waals surface area contributed by atoms with Crippen LogP contribution >= 0.6 is 11.6 Å². The first-order chi connectivity index (χ1) is 17.5. The van der Waals surface area contributed by atoms with E-state index in [-0.39, 0.29) is 45.9 Å². The lowest BCUT2D eigenvalue weighted by Crippen LogP contribution is -2.59. The standard InChI is InChI=1S/C25H24ClF4N3O4/c1-14(34)31-21-9-20(26)22(37-25(28,29)30)8-15(21)2-7-23(35)33-10-16-12-36-13-17(11-33)24(16)32-19-5-3-18(27)4-6-19/h2-9,16-17,24,32H,10-13H2,1H3,(H,31,34)/b7-2+/t16-,17+,24-. The zero-order chi connectivity index (χ0) is 26.7. The van der Waals surface area contributed by atoms with Gasteiger partial charge in [0.25, 0.3) is 0 Å². The molecule has 0 aromatic heterocycles. The van der Waals surface area contributed by atoms with Gasteiger partial charge in [-0.3, -0.25) is 9.59 Å². The minimum Gasteiger partial charge on any atom is -0.404 e. The van der Waals surface area contributed by atoms with Crippen LogP contribution in [0, 0.1) is 17.7 Å². The van der Waals surface area contributed by atoms with Crippen molar-refractivity contribution in [3.8, 4) is 5.75 Å². The molecule has 0 saturated carbocycles. The maximum Gasteiger partial charge on any atom is 0.573 e. The summed E-state index contributed by atoms with van der Waals surface area (Å²) < 4.78 is 61.2. The van der Waals surface area contributed by atoms with E-state index in [2.05, 4.69) is 15.4 Å². The highest BCUT2D eigenvalue weighted by Crippen LogP contribution is 2.36. The fourth-order valence-electron chi connectivity index (χ4n) is 4.56. The van der Waals surface area contributed by atoms with Crippen molar-refractivity contribution in [3.63, 3.8) is 0 Å². The Morgan fingerprint density at radius 3 is 2.38 bits per heavy atom. The quantitative estimate of drug-likeness (QED) is 0.400. The number of hydrogen-bond donors (Lipinski definition) is 2. The molecule has 2 fully saturated rings. The van der Waals surface area contributed by atoms with E-state index in [1.165, 1.54) is 31.2 Å². The molecular formula is C25H24ClF4N3O4. The molecule has 4 rings (SSSR count). The number of carbonyl (C=O) groups excluding carboxylic acids is 2. The molecule has 2 bridgehead atoms. The molecule has 0 radical (unpaired) electrons. The minimum absolute atomic E-state index is 0.0211. The van der Waals surface area contributed by atoms with Crippen molar-refractivity contribution in [1.29, 1.82) is 0 Å². The molecule has 2 aromatic carbocycles. The largest absolute Gasteiger partial charge is 0.573 e. The number of likely N-dealkylation sites (tertiary alicyclic amines) is 1. The molecule has 0 unspecified atom stereocenters. The van der Waals surface area contributed by atoms with E-state index < -0.39 is 18.0 Å². The summed E-state index contributed by atoms with van der Waals surface area (Å²) in [7, 11) is 0. The first kappa shape index (κ1) is 26.7. The Morgan fingerprint density at radius 1 is 1.14 bits per heavy atom. The Kier molecular flexibility index (Phi) is 7.93. The van der Waals surface area contributed by atoms with E-state index in [4.69, 9.17) is 16.3 Å². The van der Waals surface area contributed by atoms with Gasteiger partial charge >= 0.3 is 6.36 Å². The molecule has 12 heteroatoms. The third-order valence-corrected chi connectivity index (χ3v) is 6.42. The second-order valence-electron chi connectivity index (χ2n) is 8.91. The Hall–Kier alpha value is -3.31. The number of carbonyl (C=O) groups is 2. The lowest BCUT2D eigenvalue weighted by atomic mass is 9.82. The number of hydrogen-bond acceptors (Lipinski definition) is 5. The van der Waals surface area contributed by atoms with Crippen molar-refractivity contribution in [2.45, 2.75) is 19.3 Å². The summed E-state index contributed by atoms with van der Waals surface area (Å²) in [6.07, 6.45) is -2.43. The third-order valence-electron chi connectivity index (χ3n) is 6.12. The summed E-state index contributed by atoms with van der Waals surface area (Å²) in [4.78, 5) is 26.2. The molecule has 0 aliphatic carbocycles. The van der Waals surface area contributed by atoms with Crippen LogP contribution in [0.2, 0.25) is 5.02 Å². The van der Waals surface area contributed by atoms with Gasteiger partial charge in [-0.1, -0.05) is 11.6 Å². The van der Waals surface area contributed by atoms with Crippen LogP contribution in [-0.2, 0) is 14.3 Å². The van der Waals surface area contributed by atoms with Gasteiger partial charge in [0.05, 0.1) is 18.2 Å². The number of benzene rings is 2. The average molecular weight is 542 g/mol. The summed E-state index contributed by atoms with van der Waals surface area (Å²) in [5, 5.41) is 5.56. The second kappa shape index (κ2) is 11.0. The molecular weight excluding hydrogens is 518 g/mol. The number of alkyl halides is 3. The number of piperidine rings is 1. The lowest BCUT2D eigenvalue weighted by molar-refractivity contribution is -0.274. The Morgan fingerprint density at radius 2 is 1.78 bits per heavy atom. The average Bonchev–Trinajstić information content (AvgIpc) is 2.80. The molecule has 2 N–H and O–H groups in total. The summed E-state index contributed by atoms with van der Waals surface area (Å²) in [6.45, 7) is 2.88. The van der Waals surface area contributed by atoms with E-state index >= 15 is 0 Å². The Bertz CT molecular complexity index is 1180. The van der Waals surface area contributed by atoms with Crippen molar-refractivity contribution in [3.05, 3.63) is 58.9 Å². The predicted molar refractivity (Wildman–Crippen MR) is 130 cm³/mol. The van der Waals surface area contributed by atoms with Crippen LogP contribution in [-0.4, -0.2) is 55.4 Å². The van der Waals surface area contributed by atoms with E-state index in [9.17, 15) is 27.2 Å². The normalized spacial score (nSPS) is 21.6. The molecule has 0 spiro atoms. The maximum absolute atomic E-state index is 13.3. The number of rotatable bonds is 6. The zero-order valence-corrected chi connectivity index (χ0v) is 20.4. The molecule has 37 heavy (non-hydrogen) atoms. The summed E-state index contributed by atoms with van der Waals surface area (Å²) in [5.74, 6) is -1.85. The van der Waals surface area contributed by atoms with Crippen LogP contribution in [0.5, 0.6) is 5.75 Å². The number of ether oxygens (including phenoxy) is 2. The van der Waals surface area contributed by atoms with Crippen LogP contribution in [0.1, 0.15) is 12.5 Å². The van der Waals surface area contributed by atoms with Crippen LogP contribution in [0.25, 0.3) is 6.08 Å². The van der Waals surface area contributed by atoms with Crippen molar-refractivity contribution in [2.75, 3.05) is 36.9 Å². The molecule has 2 aliphatic rings. The smallest absolute Gasteiger partial charge is 0.404 e. The topological polar surface area (TPSA) is 79.9 Å². The number of halogens is 5. The van der Waals surface area contributed by atoms with Gasteiger partial charge in [-0.05, 0) is 42.5 Å². The zero-order valence-electron chi connectivity index (χ0n) is 19.6. The Labute approximate surface area is 215 Å². The highest BCUT2D eigenvalue weighted by atomic mass is 35.5. The maximum atomic E-state index is 13.3. The Balaban J connectivity index is 1.50. The SMILES string of the molecule is CC(=O)Nc1cc(Cl)c(OC(F)(F)F)cc1/C=C/C(=O)N1C[C@H]2COC[C@@H](C1)[C@H]2Nc1ccc(F)cc1. The summed E-state index contributed by atoms with van der Waals surface area (Å²) in [6, 6.07) is 8.21. The first-order valence-electron chi connectivity index (χ1n) is 11.4. The van der Waals surface area contributed by atoms with E-state index in [1.807, 2.05) is 0 Å². The van der Waals surface area contributed by atoms with Crippen molar-refractivity contribution in [1.82, 2.24) is 4.90 Å². The molecule has 2 aromatic rings. The molecule has 2 saturated heterocycles. The monoisotopic (exact) mass is 541 g/mol. The second-order valence-corrected chi connectivity index (χ2v) is 9.32. The van der Waals surface area contributed by atoms with Crippen molar-refractivity contribution < 1.29 is 36.6 Å². The van der Waals surface area contributed by atoms with Crippen LogP contribution in [0.15, 0.2) is 42.5 Å². The van der Waals surface area contributed by atoms with Gasteiger partial charge in [-0.2, -0.15) is 0 Å². The molecule has 2 amide bonds. The van der Waals surface area contributed by atoms with Crippen molar-refractivity contribution >= 4 is 40.9 Å². The first-order valence-corrected chi connectivity index (χ1v) is 11.8. The van der Waals surface area contributed by atoms with Gasteiger partial charge < -0.3 is 25.0 Å². The molecule has 3 atom stereocenters. The molecule has 2 heterocycles. The molecule has 7 nitrogen and oxygen atoms in total. The number of nitrogens with zero attached hydrogens (tertiary/aromatic N) is 1. The number of nitrogens with one attached hydrogen (secondary N) is 2. The van der Waals surface area contributed by atoms with Gasteiger partial charge in [-0.25, -0.2) is 4.39 Å². The van der Waals surface area contributed by atoms with Gasteiger partial charge in [-0.15, -0.1) is 13.2 Å². The van der Waals surface area contributed by atoms with Gasteiger partial charge in [0, 0.05) is 60.9 Å². The lowest BCUT2D eigenvalue weighted by Gasteiger charge is -2.47. The fraction of sp³-hybridized carbons (Fsp3) is 0.360. The van der Waals surface area contributed by atoms with Gasteiger partial charge in [0.1, 0.15) is 11.6 Å². The van der Waals surface area contributed by atoms with E-state index in [0.717, 1.165) is 17.8 Å². The summed E-state index contributed by atoms with van der Waals surface area (Å²) in [5.41, 5.74) is 1.01. The van der Waals surface area contributed by atoms with Crippen molar-refractivity contribution in [2.24, 2.45) is 11.8 Å². The molecule has 198 valence electrons. The van der Waals surface area contributed by atoms with Gasteiger partial charge in [0.2, 0.25) is 11.8 Å². The third kappa shape index (κ3) is 6.92. The molecule has 2 aliphatic heterocycles. The van der Waals surface area contributed by atoms with E-state index in [0.29, 0.717) is 26.3 Å². The highest BCUT2D eigenvalue weighted by Gasteiger charge is 2.41. The predicted octanol–water partition coefficient (Wildman–Crippen LogP) is 4.93. The number of fused-ring (bicyclic) bond motifs is 2. The summed E-state index contributed by atoms with van der Waals surface area (Å²) >= 11 is 5.90. The highest BCUT2D eigenvalue weighted by molar-refractivity contribution is 6.32. The number of amides is 2. The number of anilines is 2. The van der Waals surface area contributed by atoms with Crippen LogP contribution < -0.4 is 15.4 Å². The fourth-order valence-corrected chi connectivity index (χ4v) is 4.77. The minimum atomic E-state index is -4.97. The van der Waals surface area contributed by atoms with Crippen LogP contribution in [0.4, 0.5) is 28.9 Å². The van der Waals surface area contributed by atoms with Gasteiger partial charge in [0.15, 0.2) is 0 Å². The van der Waals surface area contributed by atoms with Crippen LogP contribution in [0.3, 0.4) is 0 Å².